The van der Waals surface area contributed by atoms with Crippen LogP contribution < -0.4 is 10.5 Å². The van der Waals surface area contributed by atoms with E-state index in [1.807, 2.05) is 4.90 Å². The van der Waals surface area contributed by atoms with Crippen LogP contribution in [0.15, 0.2) is 24.3 Å². The summed E-state index contributed by atoms with van der Waals surface area (Å²) in [5.41, 5.74) is 6.95. The molecular weight excluding hydrogens is 240 g/mol. The number of hydrogen-bond acceptors (Lipinski definition) is 3. The number of likely N-dealkylation sites (tertiary alicyclic amines) is 1. The van der Waals surface area contributed by atoms with Crippen LogP contribution in [0, 0.1) is 5.41 Å². The van der Waals surface area contributed by atoms with E-state index in [9.17, 15) is 4.79 Å². The zero-order valence-electron chi connectivity index (χ0n) is 11.8. The highest BCUT2D eigenvalue weighted by atomic mass is 16.5. The molecule has 1 unspecified atom stereocenters. The Labute approximate surface area is 114 Å². The van der Waals surface area contributed by atoms with Crippen molar-refractivity contribution in [1.82, 2.24) is 4.90 Å². The highest BCUT2D eigenvalue weighted by Gasteiger charge is 2.34. The van der Waals surface area contributed by atoms with Crippen LogP contribution in [0.1, 0.15) is 30.6 Å². The van der Waals surface area contributed by atoms with Gasteiger partial charge in [-0.1, -0.05) is 13.8 Å². The predicted octanol–water partition coefficient (Wildman–Crippen LogP) is 1.89. The van der Waals surface area contributed by atoms with E-state index in [-0.39, 0.29) is 17.4 Å². The molecular formula is C15H22N2O2. The molecule has 0 saturated carbocycles. The van der Waals surface area contributed by atoms with Crippen molar-refractivity contribution in [3.8, 4) is 5.75 Å². The third kappa shape index (κ3) is 2.89. The molecule has 0 spiro atoms. The van der Waals surface area contributed by atoms with E-state index in [1.54, 1.807) is 31.4 Å². The third-order valence-electron chi connectivity index (χ3n) is 4.07. The second-order valence-corrected chi connectivity index (χ2v) is 5.82. The SMILES string of the molecule is COc1ccc(C(=O)N2CCC(C)(C)C(N)C2)cc1. The van der Waals surface area contributed by atoms with Crippen LogP contribution in [-0.4, -0.2) is 37.0 Å². The van der Waals surface area contributed by atoms with E-state index in [2.05, 4.69) is 13.8 Å². The Kier molecular flexibility index (Phi) is 3.80. The number of carbonyl (C=O) groups excluding carboxylic acids is 1. The average molecular weight is 262 g/mol. The van der Waals surface area contributed by atoms with E-state index >= 15 is 0 Å². The Morgan fingerprint density at radius 2 is 2.00 bits per heavy atom. The fourth-order valence-corrected chi connectivity index (χ4v) is 2.28. The van der Waals surface area contributed by atoms with Gasteiger partial charge in [-0.15, -0.1) is 0 Å². The number of methoxy groups -OCH3 is 1. The van der Waals surface area contributed by atoms with Gasteiger partial charge in [0.25, 0.3) is 5.91 Å². The lowest BCUT2D eigenvalue weighted by molar-refractivity contribution is 0.0575. The molecule has 0 bridgehead atoms. The van der Waals surface area contributed by atoms with Gasteiger partial charge in [-0.25, -0.2) is 0 Å². The predicted molar refractivity (Wildman–Crippen MR) is 75.3 cm³/mol. The van der Waals surface area contributed by atoms with Crippen LogP contribution in [-0.2, 0) is 0 Å². The monoisotopic (exact) mass is 262 g/mol. The number of amides is 1. The van der Waals surface area contributed by atoms with Crippen LogP contribution in [0.2, 0.25) is 0 Å². The Bertz CT molecular complexity index is 454. The number of rotatable bonds is 2. The highest BCUT2D eigenvalue weighted by molar-refractivity contribution is 5.94. The van der Waals surface area contributed by atoms with E-state index in [4.69, 9.17) is 10.5 Å². The zero-order valence-corrected chi connectivity index (χ0v) is 11.8. The minimum Gasteiger partial charge on any atom is -0.497 e. The molecule has 1 saturated heterocycles. The molecule has 104 valence electrons. The van der Waals surface area contributed by atoms with E-state index in [0.29, 0.717) is 12.1 Å². The summed E-state index contributed by atoms with van der Waals surface area (Å²) >= 11 is 0. The number of piperidine rings is 1. The van der Waals surface area contributed by atoms with Crippen LogP contribution in [0.4, 0.5) is 0 Å². The molecule has 2 rings (SSSR count). The van der Waals surface area contributed by atoms with Gasteiger partial charge in [0.05, 0.1) is 7.11 Å². The van der Waals surface area contributed by atoms with Crippen LogP contribution in [0.25, 0.3) is 0 Å². The van der Waals surface area contributed by atoms with E-state index in [0.717, 1.165) is 18.7 Å². The number of hydrogen-bond donors (Lipinski definition) is 1. The van der Waals surface area contributed by atoms with Gasteiger partial charge in [0, 0.05) is 24.7 Å². The fraction of sp³-hybridized carbons (Fsp3) is 0.533. The molecule has 1 aromatic carbocycles. The number of nitrogens with zero attached hydrogens (tertiary/aromatic N) is 1. The number of benzene rings is 1. The first-order chi connectivity index (χ1) is 8.94. The summed E-state index contributed by atoms with van der Waals surface area (Å²) in [4.78, 5) is 14.2. The van der Waals surface area contributed by atoms with E-state index in [1.165, 1.54) is 0 Å². The summed E-state index contributed by atoms with van der Waals surface area (Å²) in [5.74, 6) is 0.807. The molecule has 1 heterocycles. The van der Waals surface area contributed by atoms with E-state index < -0.39 is 0 Å². The molecule has 19 heavy (non-hydrogen) atoms. The summed E-state index contributed by atoms with van der Waals surface area (Å²) in [5, 5.41) is 0. The van der Waals surface area contributed by atoms with Crippen molar-refractivity contribution in [3.63, 3.8) is 0 Å². The van der Waals surface area contributed by atoms with Crippen molar-refractivity contribution in [2.45, 2.75) is 26.3 Å². The highest BCUT2D eigenvalue weighted by Crippen LogP contribution is 2.29. The maximum absolute atomic E-state index is 12.4. The van der Waals surface area contributed by atoms with Crippen LogP contribution >= 0.6 is 0 Å². The van der Waals surface area contributed by atoms with Crippen LogP contribution in [0.5, 0.6) is 5.75 Å². The molecule has 1 fully saturated rings. The number of ether oxygens (including phenoxy) is 1. The topological polar surface area (TPSA) is 55.6 Å². The normalized spacial score (nSPS) is 22.1. The van der Waals surface area contributed by atoms with Gasteiger partial charge in [-0.2, -0.15) is 0 Å². The first kappa shape index (κ1) is 13.9. The summed E-state index contributed by atoms with van der Waals surface area (Å²) < 4.78 is 5.09. The molecule has 1 amide bonds. The van der Waals surface area contributed by atoms with Crippen molar-refractivity contribution in [3.05, 3.63) is 29.8 Å². The molecule has 1 atom stereocenters. The zero-order chi connectivity index (χ0) is 14.0. The minimum absolute atomic E-state index is 0.0310. The molecule has 0 radical (unpaired) electrons. The average Bonchev–Trinajstić information content (AvgIpc) is 2.41. The lowest BCUT2D eigenvalue weighted by Gasteiger charge is -2.42. The Hall–Kier alpha value is -1.55. The van der Waals surface area contributed by atoms with Gasteiger partial charge in [-0.05, 0) is 36.1 Å². The van der Waals surface area contributed by atoms with Gasteiger partial charge in [0.2, 0.25) is 0 Å². The second-order valence-electron chi connectivity index (χ2n) is 5.82. The second kappa shape index (κ2) is 5.21. The maximum atomic E-state index is 12.4. The van der Waals surface area contributed by atoms with Gasteiger partial charge in [-0.3, -0.25) is 4.79 Å². The Morgan fingerprint density at radius 3 is 2.53 bits per heavy atom. The summed E-state index contributed by atoms with van der Waals surface area (Å²) in [6, 6.07) is 7.24. The standard InChI is InChI=1S/C15H22N2O2/c1-15(2)8-9-17(10-13(15)16)14(18)11-4-6-12(19-3)7-5-11/h4-7,13H,8-10,16H2,1-3H3. The minimum atomic E-state index is 0.0310. The largest absolute Gasteiger partial charge is 0.497 e. The third-order valence-corrected chi connectivity index (χ3v) is 4.07. The van der Waals surface area contributed by atoms with Gasteiger partial charge >= 0.3 is 0 Å². The molecule has 1 aliphatic rings. The molecule has 0 aromatic heterocycles. The smallest absolute Gasteiger partial charge is 0.253 e. The van der Waals surface area contributed by atoms with Crippen molar-refractivity contribution in [2.75, 3.05) is 20.2 Å². The molecule has 0 aliphatic carbocycles. The fourth-order valence-electron chi connectivity index (χ4n) is 2.28. The molecule has 4 heteroatoms. The molecule has 2 N–H and O–H groups in total. The van der Waals surface area contributed by atoms with Gasteiger partial charge in [0.1, 0.15) is 5.75 Å². The lowest BCUT2D eigenvalue weighted by Crippen LogP contribution is -2.54. The maximum Gasteiger partial charge on any atom is 0.253 e. The summed E-state index contributed by atoms with van der Waals surface area (Å²) in [6.07, 6.45) is 0.941. The first-order valence-electron chi connectivity index (χ1n) is 6.63. The van der Waals surface area contributed by atoms with Crippen LogP contribution in [0.3, 0.4) is 0 Å². The van der Waals surface area contributed by atoms with Gasteiger partial charge in [0.15, 0.2) is 0 Å². The number of nitrogens with two attached hydrogens (primary N) is 1. The Morgan fingerprint density at radius 1 is 1.37 bits per heavy atom. The molecule has 1 aromatic rings. The Balaban J connectivity index is 2.08. The number of carbonyl (C=O) groups is 1. The molecule has 1 aliphatic heterocycles. The quantitative estimate of drug-likeness (QED) is 0.885. The van der Waals surface area contributed by atoms with Gasteiger partial charge < -0.3 is 15.4 Å². The lowest BCUT2D eigenvalue weighted by atomic mass is 9.78. The first-order valence-corrected chi connectivity index (χ1v) is 6.63. The van der Waals surface area contributed by atoms with Crippen molar-refractivity contribution < 1.29 is 9.53 Å². The molecule has 4 nitrogen and oxygen atoms in total. The summed E-state index contributed by atoms with van der Waals surface area (Å²) in [7, 11) is 1.61. The van der Waals surface area contributed by atoms with Crippen molar-refractivity contribution in [1.29, 1.82) is 0 Å². The van der Waals surface area contributed by atoms with Crippen molar-refractivity contribution >= 4 is 5.91 Å². The summed E-state index contributed by atoms with van der Waals surface area (Å²) in [6.45, 7) is 5.71. The van der Waals surface area contributed by atoms with Crippen molar-refractivity contribution in [2.24, 2.45) is 11.1 Å².